The molecule has 6 heteroatoms. The van der Waals surface area contributed by atoms with Gasteiger partial charge in [-0.05, 0) is 17.2 Å². The van der Waals surface area contributed by atoms with E-state index in [1.807, 2.05) is 60.7 Å². The van der Waals surface area contributed by atoms with Crippen molar-refractivity contribution >= 4 is 5.91 Å². The monoisotopic (exact) mass is 307 g/mol. The summed E-state index contributed by atoms with van der Waals surface area (Å²) in [7, 11) is 0. The summed E-state index contributed by atoms with van der Waals surface area (Å²) in [5.41, 5.74) is 2.07. The molecule has 1 aromatic heterocycles. The van der Waals surface area contributed by atoms with Crippen molar-refractivity contribution in [3.63, 3.8) is 0 Å². The van der Waals surface area contributed by atoms with E-state index < -0.39 is 0 Å². The Balaban J connectivity index is 1.49. The Hall–Kier alpha value is -3.02. The number of carbonyl (C=O) groups excluding carboxylic acids is 1. The zero-order valence-corrected chi connectivity index (χ0v) is 12.6. The minimum atomic E-state index is -0.127. The molecule has 0 aliphatic heterocycles. The van der Waals surface area contributed by atoms with Gasteiger partial charge in [-0.15, -0.1) is 10.2 Å². The summed E-state index contributed by atoms with van der Waals surface area (Å²) in [6.07, 6.45) is 0.798. The molecular weight excluding hydrogens is 290 g/mol. The number of carbonyl (C=O) groups is 1. The average Bonchev–Trinajstić information content (AvgIpc) is 3.05. The maximum absolute atomic E-state index is 11.9. The van der Waals surface area contributed by atoms with E-state index in [0.717, 1.165) is 12.0 Å². The lowest BCUT2D eigenvalue weighted by Crippen LogP contribution is -2.30. The van der Waals surface area contributed by atoms with Gasteiger partial charge in [-0.25, -0.2) is 0 Å². The van der Waals surface area contributed by atoms with Crippen molar-refractivity contribution < 1.29 is 4.79 Å². The van der Waals surface area contributed by atoms with E-state index in [9.17, 15) is 4.79 Å². The van der Waals surface area contributed by atoms with E-state index >= 15 is 0 Å². The third-order valence-electron chi connectivity index (χ3n) is 3.35. The first-order valence-corrected chi connectivity index (χ1v) is 7.45. The molecule has 0 aliphatic rings. The van der Waals surface area contributed by atoms with Crippen LogP contribution in [-0.2, 0) is 17.8 Å². The molecule has 0 spiro atoms. The average molecular weight is 307 g/mol. The first-order valence-electron chi connectivity index (χ1n) is 7.45. The Morgan fingerprint density at radius 1 is 1.00 bits per heavy atom. The lowest BCUT2D eigenvalue weighted by molar-refractivity contribution is -0.122. The van der Waals surface area contributed by atoms with E-state index in [2.05, 4.69) is 20.7 Å². The summed E-state index contributed by atoms with van der Waals surface area (Å²) in [5.74, 6) is 0.389. The van der Waals surface area contributed by atoms with E-state index in [0.29, 0.717) is 12.4 Å². The largest absolute Gasteiger partial charge is 0.354 e. The molecule has 3 rings (SSSR count). The molecule has 0 fully saturated rings. The quantitative estimate of drug-likeness (QED) is 0.752. The van der Waals surface area contributed by atoms with Gasteiger partial charge in [0.15, 0.2) is 0 Å². The maximum Gasteiger partial charge on any atom is 0.243 e. The molecule has 1 amide bonds. The van der Waals surface area contributed by atoms with Gasteiger partial charge in [0.1, 0.15) is 6.54 Å². The van der Waals surface area contributed by atoms with Crippen LogP contribution in [-0.4, -0.2) is 32.7 Å². The van der Waals surface area contributed by atoms with Crippen molar-refractivity contribution in [3.05, 3.63) is 66.2 Å². The fraction of sp³-hybridized carbons (Fsp3) is 0.176. The van der Waals surface area contributed by atoms with E-state index in [-0.39, 0.29) is 12.5 Å². The van der Waals surface area contributed by atoms with Crippen molar-refractivity contribution in [2.45, 2.75) is 13.0 Å². The van der Waals surface area contributed by atoms with Gasteiger partial charge in [0.25, 0.3) is 0 Å². The fourth-order valence-corrected chi connectivity index (χ4v) is 2.19. The summed E-state index contributed by atoms with van der Waals surface area (Å²) >= 11 is 0. The minimum absolute atomic E-state index is 0.0641. The lowest BCUT2D eigenvalue weighted by Gasteiger charge is -2.04. The summed E-state index contributed by atoms with van der Waals surface area (Å²) < 4.78 is 0. The number of hydrogen-bond donors (Lipinski definition) is 1. The third-order valence-corrected chi connectivity index (χ3v) is 3.35. The van der Waals surface area contributed by atoms with Crippen molar-refractivity contribution in [2.24, 2.45) is 0 Å². The van der Waals surface area contributed by atoms with E-state index in [1.54, 1.807) is 0 Å². The summed E-state index contributed by atoms with van der Waals surface area (Å²) in [5, 5.41) is 15.0. The number of hydrogen-bond acceptors (Lipinski definition) is 4. The zero-order valence-electron chi connectivity index (χ0n) is 12.6. The first kappa shape index (κ1) is 14.9. The Kier molecular flexibility index (Phi) is 4.73. The van der Waals surface area contributed by atoms with Crippen LogP contribution in [0.25, 0.3) is 11.4 Å². The number of aromatic nitrogens is 4. The summed E-state index contributed by atoms with van der Waals surface area (Å²) in [6, 6.07) is 19.6. The van der Waals surface area contributed by atoms with Gasteiger partial charge in [0, 0.05) is 12.1 Å². The van der Waals surface area contributed by atoms with Gasteiger partial charge >= 0.3 is 0 Å². The van der Waals surface area contributed by atoms with Crippen LogP contribution in [0.5, 0.6) is 0 Å². The van der Waals surface area contributed by atoms with Crippen LogP contribution in [0, 0.1) is 0 Å². The highest BCUT2D eigenvalue weighted by molar-refractivity contribution is 5.75. The molecule has 0 saturated carbocycles. The number of nitrogens with zero attached hydrogens (tertiary/aromatic N) is 4. The minimum Gasteiger partial charge on any atom is -0.354 e. The van der Waals surface area contributed by atoms with Crippen LogP contribution in [0.4, 0.5) is 0 Å². The molecule has 116 valence electrons. The van der Waals surface area contributed by atoms with Crippen molar-refractivity contribution in [1.29, 1.82) is 0 Å². The summed E-state index contributed by atoms with van der Waals surface area (Å²) in [6.45, 7) is 0.651. The van der Waals surface area contributed by atoms with E-state index in [4.69, 9.17) is 0 Å². The smallest absolute Gasteiger partial charge is 0.243 e. The molecule has 6 nitrogen and oxygen atoms in total. The molecule has 1 N–H and O–H groups in total. The molecule has 0 aliphatic carbocycles. The van der Waals surface area contributed by atoms with Gasteiger partial charge in [-0.1, -0.05) is 60.7 Å². The van der Waals surface area contributed by atoms with Gasteiger partial charge in [0.05, 0.1) is 0 Å². The van der Waals surface area contributed by atoms with Gasteiger partial charge in [0.2, 0.25) is 11.7 Å². The molecule has 2 aromatic carbocycles. The highest BCUT2D eigenvalue weighted by Crippen LogP contribution is 2.11. The second kappa shape index (κ2) is 7.31. The number of rotatable bonds is 6. The normalized spacial score (nSPS) is 10.4. The van der Waals surface area contributed by atoms with Crippen molar-refractivity contribution in [1.82, 2.24) is 25.5 Å². The Morgan fingerprint density at radius 3 is 2.43 bits per heavy atom. The number of tetrazole rings is 1. The van der Waals surface area contributed by atoms with Crippen LogP contribution >= 0.6 is 0 Å². The molecule has 0 atom stereocenters. The Bertz CT molecular complexity index is 755. The lowest BCUT2D eigenvalue weighted by atomic mass is 10.1. The Labute approximate surface area is 134 Å². The van der Waals surface area contributed by atoms with Gasteiger partial charge < -0.3 is 5.32 Å². The molecule has 23 heavy (non-hydrogen) atoms. The van der Waals surface area contributed by atoms with Gasteiger partial charge in [-0.2, -0.15) is 4.80 Å². The van der Waals surface area contributed by atoms with E-state index in [1.165, 1.54) is 10.4 Å². The Morgan fingerprint density at radius 2 is 1.70 bits per heavy atom. The second-order valence-electron chi connectivity index (χ2n) is 5.10. The molecule has 3 aromatic rings. The van der Waals surface area contributed by atoms with Crippen LogP contribution in [0.3, 0.4) is 0 Å². The fourth-order valence-electron chi connectivity index (χ4n) is 2.19. The first-order chi connectivity index (χ1) is 11.3. The molecular formula is C17H17N5O. The second-order valence-corrected chi connectivity index (χ2v) is 5.10. The van der Waals surface area contributed by atoms with Crippen LogP contribution in [0.2, 0.25) is 0 Å². The third kappa shape index (κ3) is 4.23. The van der Waals surface area contributed by atoms with Crippen molar-refractivity contribution in [3.8, 4) is 11.4 Å². The van der Waals surface area contributed by atoms with Crippen LogP contribution < -0.4 is 5.32 Å². The molecule has 1 heterocycles. The SMILES string of the molecule is O=C(Cn1nnc(-c2ccccc2)n1)NCCc1ccccc1. The number of benzene rings is 2. The topological polar surface area (TPSA) is 72.7 Å². The highest BCUT2D eigenvalue weighted by Gasteiger charge is 2.08. The van der Waals surface area contributed by atoms with Crippen molar-refractivity contribution in [2.75, 3.05) is 6.54 Å². The predicted octanol–water partition coefficient (Wildman–Crippen LogP) is 1.70. The predicted molar refractivity (Wildman–Crippen MR) is 86.4 cm³/mol. The summed E-state index contributed by atoms with van der Waals surface area (Å²) in [4.78, 5) is 13.2. The molecule has 0 bridgehead atoms. The van der Waals surface area contributed by atoms with Crippen LogP contribution in [0.15, 0.2) is 60.7 Å². The van der Waals surface area contributed by atoms with Crippen LogP contribution in [0.1, 0.15) is 5.56 Å². The number of nitrogens with one attached hydrogen (secondary N) is 1. The molecule has 0 radical (unpaired) electrons. The van der Waals surface area contributed by atoms with Gasteiger partial charge in [-0.3, -0.25) is 4.79 Å². The zero-order chi connectivity index (χ0) is 15.9. The standard InChI is InChI=1S/C17H17N5O/c23-16(18-12-11-14-7-3-1-4-8-14)13-22-20-17(19-21-22)15-9-5-2-6-10-15/h1-10H,11-13H2,(H,18,23). The number of amides is 1. The maximum atomic E-state index is 11.9. The highest BCUT2D eigenvalue weighted by atomic mass is 16.2. The molecule has 0 unspecified atom stereocenters. The molecule has 0 saturated heterocycles.